The van der Waals surface area contributed by atoms with Gasteiger partial charge < -0.3 is 10.2 Å². The van der Waals surface area contributed by atoms with Crippen molar-refractivity contribution in [2.24, 2.45) is 0 Å². The predicted molar refractivity (Wildman–Crippen MR) is 113 cm³/mol. The lowest BCUT2D eigenvalue weighted by molar-refractivity contribution is -0.152. The van der Waals surface area contributed by atoms with Crippen LogP contribution in [-0.2, 0) is 9.59 Å². The van der Waals surface area contributed by atoms with E-state index in [0.29, 0.717) is 32.1 Å². The minimum atomic E-state index is -2.12. The van der Waals surface area contributed by atoms with Gasteiger partial charge in [-0.3, -0.25) is 4.79 Å². The predicted octanol–water partition coefficient (Wildman–Crippen LogP) is 7.30. The maximum Gasteiger partial charge on any atom is 0.341 e. The molecule has 0 amide bonds. The first-order chi connectivity index (χ1) is 13.4. The fourth-order valence-electron chi connectivity index (χ4n) is 3.62. The normalized spacial score (nSPS) is 13.4. The van der Waals surface area contributed by atoms with E-state index in [-0.39, 0.29) is 19.3 Å². The summed E-state index contributed by atoms with van der Waals surface area (Å²) in [5.74, 6) is -2.17. The Balaban J connectivity index is 3.66. The van der Waals surface area contributed by atoms with Gasteiger partial charge in [0.05, 0.1) is 0 Å². The molecular formula is C23H43FO4. The summed E-state index contributed by atoms with van der Waals surface area (Å²) in [7, 11) is 0. The molecule has 4 nitrogen and oxygen atoms in total. The highest BCUT2D eigenvalue weighted by atomic mass is 19.1. The summed E-state index contributed by atoms with van der Waals surface area (Å²) in [6.45, 7) is 2.23. The molecule has 0 aromatic heterocycles. The van der Waals surface area contributed by atoms with E-state index in [1.54, 1.807) is 0 Å². The Morgan fingerprint density at radius 1 is 0.643 bits per heavy atom. The Labute approximate surface area is 171 Å². The molecular weight excluding hydrogens is 359 g/mol. The summed E-state index contributed by atoms with van der Waals surface area (Å²) in [6, 6.07) is 0. The number of hydrogen-bond acceptors (Lipinski definition) is 2. The van der Waals surface area contributed by atoms with Gasteiger partial charge in [0.15, 0.2) is 0 Å². The highest BCUT2D eigenvalue weighted by Crippen LogP contribution is 2.28. The van der Waals surface area contributed by atoms with Gasteiger partial charge >= 0.3 is 11.9 Å². The monoisotopic (exact) mass is 402 g/mol. The molecule has 0 bridgehead atoms. The van der Waals surface area contributed by atoms with E-state index >= 15 is 0 Å². The van der Waals surface area contributed by atoms with E-state index in [0.717, 1.165) is 19.3 Å². The topological polar surface area (TPSA) is 74.6 Å². The van der Waals surface area contributed by atoms with Crippen LogP contribution in [0.2, 0.25) is 0 Å². The summed E-state index contributed by atoms with van der Waals surface area (Å²) in [5.41, 5.74) is -2.12. The number of carboxylic acids is 2. The van der Waals surface area contributed by atoms with Gasteiger partial charge in [-0.15, -0.1) is 0 Å². The van der Waals surface area contributed by atoms with Gasteiger partial charge in [-0.05, 0) is 32.1 Å². The third-order valence-electron chi connectivity index (χ3n) is 5.52. The molecule has 0 aliphatic carbocycles. The Hall–Kier alpha value is -1.13. The molecule has 0 spiro atoms. The van der Waals surface area contributed by atoms with Crippen LogP contribution in [0.3, 0.4) is 0 Å². The van der Waals surface area contributed by atoms with Crippen molar-refractivity contribution in [3.8, 4) is 0 Å². The van der Waals surface area contributed by atoms with Gasteiger partial charge in [0.1, 0.15) is 0 Å². The standard InChI is InChI=1S/C23H43FO4/c1-2-3-4-5-6-7-8-9-10-11-13-16-19-23(24,22(27)28)20-17-14-12-15-18-21(25)26/h2-20H2,1H3,(H,25,26)(H,27,28). The second-order valence-electron chi connectivity index (χ2n) is 8.22. The zero-order chi connectivity index (χ0) is 21.1. The first-order valence-electron chi connectivity index (χ1n) is 11.6. The molecule has 0 rings (SSSR count). The van der Waals surface area contributed by atoms with Crippen molar-refractivity contribution < 1.29 is 24.2 Å². The minimum absolute atomic E-state index is 0.0352. The molecule has 2 N–H and O–H groups in total. The average molecular weight is 403 g/mol. The van der Waals surface area contributed by atoms with Crippen molar-refractivity contribution in [1.82, 2.24) is 0 Å². The van der Waals surface area contributed by atoms with E-state index in [1.165, 1.54) is 51.4 Å². The fraction of sp³-hybridized carbons (Fsp3) is 0.913. The van der Waals surface area contributed by atoms with Crippen LogP contribution in [0.5, 0.6) is 0 Å². The van der Waals surface area contributed by atoms with E-state index in [1.807, 2.05) is 0 Å². The van der Waals surface area contributed by atoms with Crippen molar-refractivity contribution in [3.63, 3.8) is 0 Å². The molecule has 28 heavy (non-hydrogen) atoms. The van der Waals surface area contributed by atoms with Gasteiger partial charge in [0.2, 0.25) is 5.67 Å². The van der Waals surface area contributed by atoms with Crippen LogP contribution < -0.4 is 0 Å². The summed E-state index contributed by atoms with van der Waals surface area (Å²) in [5, 5.41) is 17.8. The number of carbonyl (C=O) groups is 2. The van der Waals surface area contributed by atoms with E-state index < -0.39 is 17.6 Å². The second kappa shape index (κ2) is 17.9. The number of rotatable bonds is 21. The van der Waals surface area contributed by atoms with Crippen LogP contribution in [0.4, 0.5) is 4.39 Å². The number of aliphatic carboxylic acids is 2. The quantitative estimate of drug-likeness (QED) is 0.198. The molecule has 166 valence electrons. The Kier molecular flexibility index (Phi) is 17.2. The molecule has 0 saturated carbocycles. The minimum Gasteiger partial charge on any atom is -0.481 e. The Morgan fingerprint density at radius 3 is 1.36 bits per heavy atom. The molecule has 0 aromatic carbocycles. The zero-order valence-electron chi connectivity index (χ0n) is 18.0. The number of alkyl halides is 1. The zero-order valence-corrected chi connectivity index (χ0v) is 18.0. The molecule has 0 aliphatic heterocycles. The molecule has 0 aliphatic rings. The summed E-state index contributed by atoms with van der Waals surface area (Å²) in [6.07, 6.45) is 16.9. The lowest BCUT2D eigenvalue weighted by Crippen LogP contribution is -2.33. The number of unbranched alkanes of at least 4 members (excludes halogenated alkanes) is 14. The highest BCUT2D eigenvalue weighted by Gasteiger charge is 2.37. The van der Waals surface area contributed by atoms with Crippen LogP contribution in [-0.4, -0.2) is 27.8 Å². The third kappa shape index (κ3) is 15.9. The van der Waals surface area contributed by atoms with Crippen LogP contribution in [0, 0.1) is 0 Å². The molecule has 1 unspecified atom stereocenters. The van der Waals surface area contributed by atoms with Crippen LogP contribution in [0.15, 0.2) is 0 Å². The van der Waals surface area contributed by atoms with E-state index in [2.05, 4.69) is 6.92 Å². The maximum atomic E-state index is 14.7. The number of carboxylic acid groups (broad SMARTS) is 2. The molecule has 0 saturated heterocycles. The lowest BCUT2D eigenvalue weighted by Gasteiger charge is -2.20. The summed E-state index contributed by atoms with van der Waals surface area (Å²) >= 11 is 0. The first kappa shape index (κ1) is 26.9. The fourth-order valence-corrected chi connectivity index (χ4v) is 3.62. The van der Waals surface area contributed by atoms with Gasteiger partial charge in [-0.25, -0.2) is 9.18 Å². The van der Waals surface area contributed by atoms with Crippen LogP contribution in [0.25, 0.3) is 0 Å². The van der Waals surface area contributed by atoms with Gasteiger partial charge in [-0.2, -0.15) is 0 Å². The van der Waals surface area contributed by atoms with E-state index in [9.17, 15) is 19.1 Å². The molecule has 1 atom stereocenters. The second-order valence-corrected chi connectivity index (χ2v) is 8.22. The third-order valence-corrected chi connectivity index (χ3v) is 5.52. The Morgan fingerprint density at radius 2 is 1.00 bits per heavy atom. The summed E-state index contributed by atoms with van der Waals surface area (Å²) in [4.78, 5) is 21.7. The smallest absolute Gasteiger partial charge is 0.341 e. The highest BCUT2D eigenvalue weighted by molar-refractivity contribution is 5.77. The van der Waals surface area contributed by atoms with Gasteiger partial charge in [-0.1, -0.05) is 90.4 Å². The maximum absolute atomic E-state index is 14.7. The average Bonchev–Trinajstić information content (AvgIpc) is 2.65. The van der Waals surface area contributed by atoms with Crippen LogP contribution >= 0.6 is 0 Å². The van der Waals surface area contributed by atoms with Crippen molar-refractivity contribution in [2.75, 3.05) is 0 Å². The van der Waals surface area contributed by atoms with Gasteiger partial charge in [0.25, 0.3) is 0 Å². The SMILES string of the molecule is CCCCCCCCCCCCCCC(F)(CCCCCCC(=O)O)C(=O)O. The molecule has 0 heterocycles. The largest absolute Gasteiger partial charge is 0.481 e. The van der Waals surface area contributed by atoms with Crippen molar-refractivity contribution in [1.29, 1.82) is 0 Å². The Bertz CT molecular complexity index is 400. The number of halogens is 1. The molecule has 0 aromatic rings. The van der Waals surface area contributed by atoms with Crippen LogP contribution in [0.1, 0.15) is 129 Å². The molecule has 0 radical (unpaired) electrons. The molecule has 5 heteroatoms. The molecule has 0 fully saturated rings. The number of hydrogen-bond donors (Lipinski definition) is 2. The van der Waals surface area contributed by atoms with Crippen molar-refractivity contribution >= 4 is 11.9 Å². The van der Waals surface area contributed by atoms with Crippen molar-refractivity contribution in [2.45, 2.75) is 135 Å². The van der Waals surface area contributed by atoms with Crippen molar-refractivity contribution in [3.05, 3.63) is 0 Å². The summed E-state index contributed by atoms with van der Waals surface area (Å²) < 4.78 is 14.7. The van der Waals surface area contributed by atoms with Gasteiger partial charge in [0, 0.05) is 6.42 Å². The first-order valence-corrected chi connectivity index (χ1v) is 11.6. The lowest BCUT2D eigenvalue weighted by atomic mass is 9.91. The van der Waals surface area contributed by atoms with E-state index in [4.69, 9.17) is 5.11 Å².